The first-order valence-corrected chi connectivity index (χ1v) is 21.0. The first-order valence-electron chi connectivity index (χ1n) is 21.0. The molecule has 2 aromatic heterocycles. The topological polar surface area (TPSA) is 136 Å². The van der Waals surface area contributed by atoms with Gasteiger partial charge in [0.25, 0.3) is 11.5 Å². The molecule has 1 N–H and O–H groups in total. The van der Waals surface area contributed by atoms with Crippen LogP contribution in [0.15, 0.2) is 59.8 Å². The van der Waals surface area contributed by atoms with E-state index in [0.29, 0.717) is 43.4 Å². The summed E-state index contributed by atoms with van der Waals surface area (Å²) in [4.78, 5) is 60.3. The van der Waals surface area contributed by atoms with Crippen LogP contribution >= 0.6 is 0 Å². The molecule has 314 valence electrons. The summed E-state index contributed by atoms with van der Waals surface area (Å²) in [6.07, 6.45) is 13.9. The third-order valence-electron chi connectivity index (χ3n) is 11.9. The first-order chi connectivity index (χ1) is 28.7. The Labute approximate surface area is 344 Å². The Kier molecular flexibility index (Phi) is 13.6. The van der Waals surface area contributed by atoms with Crippen LogP contribution in [0.5, 0.6) is 11.5 Å². The highest BCUT2D eigenvalue weighted by Crippen LogP contribution is 2.38. The number of nitrogens with zero attached hydrogens (tertiary/aromatic N) is 5. The summed E-state index contributed by atoms with van der Waals surface area (Å²) >= 11 is 0. The number of benzene rings is 2. The molecule has 3 aliphatic heterocycles. The van der Waals surface area contributed by atoms with Crippen LogP contribution in [0.25, 0.3) is 21.9 Å². The van der Waals surface area contributed by atoms with Gasteiger partial charge < -0.3 is 28.6 Å². The summed E-state index contributed by atoms with van der Waals surface area (Å²) in [5, 5.41) is 3.64. The maximum Gasteiger partial charge on any atom is 0.328 e. The number of pyridine rings is 2. The van der Waals surface area contributed by atoms with E-state index in [2.05, 4.69) is 34.3 Å². The molecule has 5 heterocycles. The van der Waals surface area contributed by atoms with Crippen LogP contribution in [0.1, 0.15) is 80.6 Å². The SMILES string of the molecule is CCCCCCn1cc(-c2cc(OC)c(CCN3CCC(OC4CCN(C(=O)c5ccc(F)c(N6CCC(=O)NC6=O)c5)CC4)CC3)c(OC)c2)c2ccncc2c1=O. The van der Waals surface area contributed by atoms with Crippen molar-refractivity contribution in [2.24, 2.45) is 0 Å². The van der Waals surface area contributed by atoms with Gasteiger partial charge in [-0.15, -0.1) is 0 Å². The lowest BCUT2D eigenvalue weighted by atomic mass is 9.97. The molecule has 0 unspecified atom stereocenters. The molecule has 0 saturated carbocycles. The second kappa shape index (κ2) is 19.2. The normalized spacial score (nSPS) is 17.1. The minimum absolute atomic E-state index is 0.0155. The summed E-state index contributed by atoms with van der Waals surface area (Å²) in [7, 11) is 3.37. The third-order valence-corrected chi connectivity index (χ3v) is 11.9. The number of piperidine rings is 2. The van der Waals surface area contributed by atoms with E-state index in [4.69, 9.17) is 14.2 Å². The smallest absolute Gasteiger partial charge is 0.328 e. The number of unbranched alkanes of at least 4 members (excludes halogenated alkanes) is 3. The maximum atomic E-state index is 14.7. The van der Waals surface area contributed by atoms with E-state index in [-0.39, 0.29) is 42.3 Å². The molecule has 0 spiro atoms. The highest BCUT2D eigenvalue weighted by molar-refractivity contribution is 6.06. The van der Waals surface area contributed by atoms with Gasteiger partial charge in [0.2, 0.25) is 5.91 Å². The van der Waals surface area contributed by atoms with Gasteiger partial charge in [0.15, 0.2) is 0 Å². The van der Waals surface area contributed by atoms with E-state index in [1.54, 1.807) is 31.5 Å². The average Bonchev–Trinajstić information content (AvgIpc) is 3.26. The van der Waals surface area contributed by atoms with Gasteiger partial charge in [-0.05, 0) is 85.9 Å². The molecule has 59 heavy (non-hydrogen) atoms. The quantitative estimate of drug-likeness (QED) is 0.132. The van der Waals surface area contributed by atoms with Crippen molar-refractivity contribution in [3.63, 3.8) is 0 Å². The van der Waals surface area contributed by atoms with Gasteiger partial charge in [-0.1, -0.05) is 26.2 Å². The molecular formula is C45H55FN6O7. The Hall–Kier alpha value is -5.34. The van der Waals surface area contributed by atoms with Crippen LogP contribution in [-0.2, 0) is 22.5 Å². The molecule has 0 radical (unpaired) electrons. The summed E-state index contributed by atoms with van der Waals surface area (Å²) in [6, 6.07) is 9.33. The zero-order valence-corrected chi connectivity index (χ0v) is 34.3. The van der Waals surface area contributed by atoms with Crippen LogP contribution in [-0.4, -0.2) is 103 Å². The number of hydrogen-bond donors (Lipinski definition) is 1. The third kappa shape index (κ3) is 9.60. The van der Waals surface area contributed by atoms with Crippen molar-refractivity contribution in [3.8, 4) is 22.6 Å². The fourth-order valence-corrected chi connectivity index (χ4v) is 8.56. The lowest BCUT2D eigenvalue weighted by Gasteiger charge is -2.37. The van der Waals surface area contributed by atoms with E-state index in [1.807, 2.05) is 16.8 Å². The van der Waals surface area contributed by atoms with Gasteiger partial charge in [0.05, 0.1) is 37.5 Å². The average molecular weight is 811 g/mol. The van der Waals surface area contributed by atoms with E-state index >= 15 is 0 Å². The number of imide groups is 1. The molecule has 0 aliphatic carbocycles. The number of methoxy groups -OCH3 is 2. The number of aryl methyl sites for hydroxylation is 1. The number of halogens is 1. The summed E-state index contributed by atoms with van der Waals surface area (Å²) in [6.45, 7) is 6.57. The minimum Gasteiger partial charge on any atom is -0.496 e. The number of aromatic nitrogens is 2. The Morgan fingerprint density at radius 2 is 1.58 bits per heavy atom. The van der Waals surface area contributed by atoms with Crippen molar-refractivity contribution >= 4 is 34.3 Å². The van der Waals surface area contributed by atoms with Crippen LogP contribution < -0.4 is 25.2 Å². The number of amides is 4. The van der Waals surface area contributed by atoms with Crippen LogP contribution in [0, 0.1) is 5.82 Å². The molecule has 3 fully saturated rings. The van der Waals surface area contributed by atoms with Crippen LogP contribution in [0.2, 0.25) is 0 Å². The van der Waals surface area contributed by atoms with Crippen molar-refractivity contribution in [2.45, 2.75) is 89.9 Å². The number of carbonyl (C=O) groups is 3. The fraction of sp³-hybridized carbons (Fsp3) is 0.489. The number of nitrogens with one attached hydrogen (secondary N) is 1. The highest BCUT2D eigenvalue weighted by atomic mass is 19.1. The van der Waals surface area contributed by atoms with Crippen molar-refractivity contribution in [3.05, 3.63) is 82.3 Å². The van der Waals surface area contributed by atoms with Gasteiger partial charge in [0.1, 0.15) is 17.3 Å². The largest absolute Gasteiger partial charge is 0.496 e. The van der Waals surface area contributed by atoms with Crippen molar-refractivity contribution in [1.29, 1.82) is 0 Å². The molecule has 4 aromatic rings. The number of hydrogen-bond acceptors (Lipinski definition) is 9. The van der Waals surface area contributed by atoms with Gasteiger partial charge in [-0.25, -0.2) is 9.18 Å². The molecule has 4 amide bonds. The monoisotopic (exact) mass is 810 g/mol. The molecule has 2 aromatic carbocycles. The highest BCUT2D eigenvalue weighted by Gasteiger charge is 2.31. The minimum atomic E-state index is -0.696. The van der Waals surface area contributed by atoms with E-state index < -0.39 is 17.8 Å². The number of fused-ring (bicyclic) bond motifs is 1. The maximum absolute atomic E-state index is 14.7. The lowest BCUT2D eigenvalue weighted by Crippen LogP contribution is -2.50. The molecule has 3 saturated heterocycles. The van der Waals surface area contributed by atoms with Gasteiger partial charge in [-0.2, -0.15) is 0 Å². The number of rotatable bonds is 15. The summed E-state index contributed by atoms with van der Waals surface area (Å²) in [5.41, 5.74) is 3.11. The second-order valence-electron chi connectivity index (χ2n) is 15.7. The van der Waals surface area contributed by atoms with Crippen LogP contribution in [0.3, 0.4) is 0 Å². The van der Waals surface area contributed by atoms with Gasteiger partial charge in [-0.3, -0.25) is 29.6 Å². The van der Waals surface area contributed by atoms with E-state index in [1.165, 1.54) is 18.2 Å². The first kappa shape index (κ1) is 41.8. The molecular weight excluding hydrogens is 756 g/mol. The van der Waals surface area contributed by atoms with Crippen molar-refractivity contribution in [1.82, 2.24) is 24.7 Å². The number of anilines is 1. The van der Waals surface area contributed by atoms with Gasteiger partial charge in [0, 0.05) is 87.5 Å². The van der Waals surface area contributed by atoms with Crippen LogP contribution in [0.4, 0.5) is 14.9 Å². The van der Waals surface area contributed by atoms with E-state index in [9.17, 15) is 23.6 Å². The number of urea groups is 1. The predicted molar refractivity (Wildman–Crippen MR) is 224 cm³/mol. The number of ether oxygens (including phenoxy) is 3. The van der Waals surface area contributed by atoms with Crippen molar-refractivity contribution in [2.75, 3.05) is 58.4 Å². The predicted octanol–water partition coefficient (Wildman–Crippen LogP) is 6.57. The van der Waals surface area contributed by atoms with Gasteiger partial charge >= 0.3 is 6.03 Å². The molecule has 13 nitrogen and oxygen atoms in total. The Bertz CT molecular complexity index is 2190. The zero-order chi connectivity index (χ0) is 41.5. The second-order valence-corrected chi connectivity index (χ2v) is 15.7. The lowest BCUT2D eigenvalue weighted by molar-refractivity contribution is -0.120. The number of likely N-dealkylation sites (tertiary alicyclic amines) is 2. The number of carbonyl (C=O) groups excluding carboxylic acids is 3. The summed E-state index contributed by atoms with van der Waals surface area (Å²) < 4.78 is 35.0. The molecule has 0 atom stereocenters. The molecule has 7 rings (SSSR count). The fourth-order valence-electron chi connectivity index (χ4n) is 8.56. The Morgan fingerprint density at radius 1 is 0.864 bits per heavy atom. The Balaban J connectivity index is 0.922. The summed E-state index contributed by atoms with van der Waals surface area (Å²) in [5.74, 6) is 0.235. The van der Waals surface area contributed by atoms with E-state index in [0.717, 1.165) is 103 Å². The van der Waals surface area contributed by atoms with Crippen molar-refractivity contribution < 1.29 is 33.0 Å². The standard InChI is InChI=1S/C45H55FN6O7/c1-4-5-6-7-18-51-29-37(34-10-17-47-28-36(34)44(51)55)31-26-40(57-2)35(41(27-31)58-3)15-21-49-19-11-32(12-20-49)59-33-13-22-50(23-14-33)43(54)30-8-9-38(46)39(25-30)52-24-16-42(53)48-45(52)56/h8-10,17,25-29,32-33H,4-7,11-16,18-24H2,1-3H3,(H,48,53,56). The molecule has 3 aliphatic rings. The Morgan fingerprint density at radius 3 is 2.25 bits per heavy atom. The molecule has 0 bridgehead atoms. The zero-order valence-electron chi connectivity index (χ0n) is 34.3. The molecule has 14 heteroatoms.